The number of aromatic nitrogens is 5. The van der Waals surface area contributed by atoms with Crippen LogP contribution in [0.3, 0.4) is 0 Å². The molecule has 4 aromatic rings. The molecule has 1 N–H and O–H groups in total. The molecule has 4 rings (SSSR count). The molecule has 26 heavy (non-hydrogen) atoms. The Morgan fingerprint density at radius 2 is 2.12 bits per heavy atom. The van der Waals surface area contributed by atoms with Gasteiger partial charge in [-0.3, -0.25) is 4.79 Å². The van der Waals surface area contributed by atoms with Crippen molar-refractivity contribution in [3.8, 4) is 10.7 Å². The van der Waals surface area contributed by atoms with Gasteiger partial charge in [-0.05, 0) is 29.1 Å². The Balaban J connectivity index is 1.34. The Hall–Kier alpha value is -3.33. The number of carbonyl (C=O) groups is 1. The molecule has 3 aromatic heterocycles. The second-order valence-corrected chi connectivity index (χ2v) is 6.41. The molecule has 0 saturated carbocycles. The maximum Gasteiger partial charge on any atom is 0.251 e. The molecule has 0 aliphatic carbocycles. The maximum absolute atomic E-state index is 12.3. The molecule has 0 saturated heterocycles. The van der Waals surface area contributed by atoms with Crippen LogP contribution in [0, 0.1) is 0 Å². The molecule has 0 bridgehead atoms. The highest BCUT2D eigenvalue weighted by Crippen LogP contribution is 2.21. The molecule has 0 spiro atoms. The maximum atomic E-state index is 12.3. The molecule has 0 fully saturated rings. The highest BCUT2D eigenvalue weighted by atomic mass is 32.1. The number of hydrogen-bond donors (Lipinski definition) is 1. The van der Waals surface area contributed by atoms with Gasteiger partial charge in [-0.15, -0.1) is 11.3 Å². The van der Waals surface area contributed by atoms with Crippen LogP contribution in [-0.2, 0) is 13.1 Å². The van der Waals surface area contributed by atoms with Crippen molar-refractivity contribution in [2.24, 2.45) is 0 Å². The van der Waals surface area contributed by atoms with Crippen molar-refractivity contribution in [2.45, 2.75) is 13.1 Å². The van der Waals surface area contributed by atoms with Gasteiger partial charge < -0.3 is 9.84 Å². The first-order valence-electron chi connectivity index (χ1n) is 7.84. The van der Waals surface area contributed by atoms with Crippen LogP contribution in [0.4, 0.5) is 0 Å². The summed E-state index contributed by atoms with van der Waals surface area (Å²) >= 11 is 1.53. The minimum atomic E-state index is -0.201. The third-order valence-corrected chi connectivity index (χ3v) is 4.50. The van der Waals surface area contributed by atoms with E-state index >= 15 is 0 Å². The molecule has 0 aliphatic heterocycles. The average molecular weight is 366 g/mol. The van der Waals surface area contributed by atoms with Crippen LogP contribution in [0.25, 0.3) is 10.7 Å². The van der Waals surface area contributed by atoms with Crippen molar-refractivity contribution >= 4 is 17.2 Å². The van der Waals surface area contributed by atoms with Crippen molar-refractivity contribution in [1.82, 2.24) is 30.2 Å². The molecule has 0 atom stereocenters. The molecular formula is C17H14N6O2S. The fraction of sp³-hybridized carbons (Fsp3) is 0.118. The normalized spacial score (nSPS) is 10.8. The summed E-state index contributed by atoms with van der Waals surface area (Å²) in [6.07, 6.45) is 3.14. The topological polar surface area (TPSA) is 98.7 Å². The zero-order valence-corrected chi connectivity index (χ0v) is 14.4. The van der Waals surface area contributed by atoms with Crippen LogP contribution in [-0.4, -0.2) is 30.8 Å². The lowest BCUT2D eigenvalue weighted by Gasteiger charge is -2.05. The number of carbonyl (C=O) groups excluding carboxylic acids is 1. The predicted octanol–water partition coefficient (Wildman–Crippen LogP) is 2.37. The van der Waals surface area contributed by atoms with E-state index in [9.17, 15) is 4.79 Å². The Morgan fingerprint density at radius 3 is 2.85 bits per heavy atom. The number of nitrogens with zero attached hydrogens (tertiary/aromatic N) is 5. The smallest absolute Gasteiger partial charge is 0.251 e. The third kappa shape index (κ3) is 3.67. The Kier molecular flexibility index (Phi) is 4.52. The lowest BCUT2D eigenvalue weighted by atomic mass is 10.1. The van der Waals surface area contributed by atoms with Crippen molar-refractivity contribution in [2.75, 3.05) is 0 Å². The van der Waals surface area contributed by atoms with E-state index in [4.69, 9.17) is 4.52 Å². The summed E-state index contributed by atoms with van der Waals surface area (Å²) in [5.41, 5.74) is 1.59. The number of hydrogen-bond acceptors (Lipinski definition) is 7. The first-order valence-corrected chi connectivity index (χ1v) is 8.72. The van der Waals surface area contributed by atoms with Gasteiger partial charge >= 0.3 is 0 Å². The number of nitrogens with one attached hydrogen (secondary N) is 1. The molecule has 0 unspecified atom stereocenters. The van der Waals surface area contributed by atoms with E-state index in [2.05, 4.69) is 25.5 Å². The van der Waals surface area contributed by atoms with Gasteiger partial charge in [0.05, 0.1) is 18.0 Å². The largest absolute Gasteiger partial charge is 0.343 e. The summed E-state index contributed by atoms with van der Waals surface area (Å²) in [5.74, 6) is 0.694. The van der Waals surface area contributed by atoms with Crippen molar-refractivity contribution < 1.29 is 9.32 Å². The van der Waals surface area contributed by atoms with Crippen LogP contribution in [0.5, 0.6) is 0 Å². The van der Waals surface area contributed by atoms with Crippen LogP contribution >= 0.6 is 11.3 Å². The van der Waals surface area contributed by atoms with E-state index < -0.39 is 0 Å². The fourth-order valence-corrected chi connectivity index (χ4v) is 3.00. The van der Waals surface area contributed by atoms with Gasteiger partial charge in [0.2, 0.25) is 11.7 Å². The van der Waals surface area contributed by atoms with Crippen LogP contribution in [0.2, 0.25) is 0 Å². The molecule has 0 radical (unpaired) electrons. The summed E-state index contributed by atoms with van der Waals surface area (Å²) in [6, 6.07) is 11.2. The van der Waals surface area contributed by atoms with Crippen molar-refractivity contribution in [1.29, 1.82) is 0 Å². The van der Waals surface area contributed by atoms with Gasteiger partial charge in [0, 0.05) is 5.56 Å². The minimum absolute atomic E-state index is 0.178. The monoisotopic (exact) mass is 366 g/mol. The zero-order valence-electron chi connectivity index (χ0n) is 13.6. The molecular weight excluding hydrogens is 352 g/mol. The molecule has 1 amide bonds. The SMILES string of the molecule is O=C(NCc1nc(-c2cccs2)no1)c1ccc(Cn2cncn2)cc1. The van der Waals surface area contributed by atoms with E-state index in [1.807, 2.05) is 29.6 Å². The first kappa shape index (κ1) is 16.2. The molecule has 3 heterocycles. The third-order valence-electron chi connectivity index (χ3n) is 3.64. The van der Waals surface area contributed by atoms with Gasteiger partial charge in [0.1, 0.15) is 12.7 Å². The molecule has 130 valence electrons. The molecule has 1 aromatic carbocycles. The number of amides is 1. The second kappa shape index (κ2) is 7.28. The van der Waals surface area contributed by atoms with Gasteiger partial charge in [-0.1, -0.05) is 23.4 Å². The van der Waals surface area contributed by atoms with E-state index in [1.54, 1.807) is 23.1 Å². The summed E-state index contributed by atoms with van der Waals surface area (Å²) in [7, 11) is 0. The van der Waals surface area contributed by atoms with E-state index in [0.717, 1.165) is 10.4 Å². The number of thiophene rings is 1. The lowest BCUT2D eigenvalue weighted by Crippen LogP contribution is -2.22. The highest BCUT2D eigenvalue weighted by molar-refractivity contribution is 7.13. The van der Waals surface area contributed by atoms with Crippen LogP contribution in [0.15, 0.2) is 59.0 Å². The van der Waals surface area contributed by atoms with Gasteiger partial charge in [0.15, 0.2) is 0 Å². The van der Waals surface area contributed by atoms with Crippen LogP contribution < -0.4 is 5.32 Å². The van der Waals surface area contributed by atoms with E-state index in [-0.39, 0.29) is 12.5 Å². The molecule has 0 aliphatic rings. The Labute approximate surface area is 152 Å². The second-order valence-electron chi connectivity index (χ2n) is 5.46. The summed E-state index contributed by atoms with van der Waals surface area (Å²) in [6.45, 7) is 0.785. The Morgan fingerprint density at radius 1 is 1.23 bits per heavy atom. The van der Waals surface area contributed by atoms with Gasteiger partial charge in [0.25, 0.3) is 5.91 Å². The molecule has 9 heteroatoms. The highest BCUT2D eigenvalue weighted by Gasteiger charge is 2.11. The molecule has 8 nitrogen and oxygen atoms in total. The lowest BCUT2D eigenvalue weighted by molar-refractivity contribution is 0.0946. The predicted molar refractivity (Wildman–Crippen MR) is 94.3 cm³/mol. The fourth-order valence-electron chi connectivity index (χ4n) is 2.35. The minimum Gasteiger partial charge on any atom is -0.343 e. The Bertz CT molecular complexity index is 977. The summed E-state index contributed by atoms with van der Waals surface area (Å²) in [5, 5.41) is 12.7. The number of benzene rings is 1. The quantitative estimate of drug-likeness (QED) is 0.562. The average Bonchev–Trinajstić information content (AvgIpc) is 3.41. The van der Waals surface area contributed by atoms with Crippen LogP contribution in [0.1, 0.15) is 21.8 Å². The summed E-state index contributed by atoms with van der Waals surface area (Å²) < 4.78 is 6.89. The summed E-state index contributed by atoms with van der Waals surface area (Å²) in [4.78, 5) is 21.4. The standard InChI is InChI=1S/C17H14N6O2S/c24-17(13-5-3-12(4-6-13)9-23-11-18-10-20-23)19-8-15-21-16(22-25-15)14-2-1-7-26-14/h1-7,10-11H,8-9H2,(H,19,24). The van der Waals surface area contributed by atoms with Gasteiger partial charge in [-0.2, -0.15) is 10.1 Å². The first-order chi connectivity index (χ1) is 12.8. The van der Waals surface area contributed by atoms with Crippen molar-refractivity contribution in [3.05, 3.63) is 71.5 Å². The van der Waals surface area contributed by atoms with E-state index in [0.29, 0.717) is 23.8 Å². The van der Waals surface area contributed by atoms with Crippen molar-refractivity contribution in [3.63, 3.8) is 0 Å². The van der Waals surface area contributed by atoms with E-state index in [1.165, 1.54) is 17.7 Å². The zero-order chi connectivity index (χ0) is 17.8. The number of rotatable bonds is 6. The van der Waals surface area contributed by atoms with Gasteiger partial charge in [-0.25, -0.2) is 9.67 Å².